The molecule has 3 amide bonds. The monoisotopic (exact) mass is 554 g/mol. The molecule has 3 rings (SSSR count). The molecule has 0 spiro atoms. The van der Waals surface area contributed by atoms with Gasteiger partial charge in [0, 0.05) is 35.7 Å². The number of halogens is 1. The Hall–Kier alpha value is -4.41. The molecule has 3 aromatic rings. The molecule has 10 nitrogen and oxygen atoms in total. The van der Waals surface area contributed by atoms with Gasteiger partial charge in [-0.05, 0) is 51.5 Å². The fraction of sp³-hybridized carbons (Fsp3) is 0.379. The van der Waals surface area contributed by atoms with Gasteiger partial charge in [-0.2, -0.15) is 0 Å². The van der Waals surface area contributed by atoms with Crippen molar-refractivity contribution < 1.29 is 32.8 Å². The number of ether oxygens (including phenoxy) is 2. The number of hydrogen-bond acceptors (Lipinski definition) is 7. The molecule has 0 fully saturated rings. The lowest BCUT2D eigenvalue weighted by Gasteiger charge is -2.35. The predicted octanol–water partition coefficient (Wildman–Crippen LogP) is 4.94. The van der Waals surface area contributed by atoms with Crippen LogP contribution in [0.2, 0.25) is 0 Å². The number of anilines is 2. The van der Waals surface area contributed by atoms with Gasteiger partial charge in [0.1, 0.15) is 17.6 Å². The molecule has 2 aromatic carbocycles. The second kappa shape index (κ2) is 13.1. The number of nitrogens with one attached hydrogen (secondary N) is 2. The zero-order valence-electron chi connectivity index (χ0n) is 23.5. The van der Waals surface area contributed by atoms with E-state index in [-0.39, 0.29) is 30.1 Å². The average Bonchev–Trinajstić information content (AvgIpc) is 3.33. The average molecular weight is 555 g/mol. The van der Waals surface area contributed by atoms with Crippen molar-refractivity contribution in [2.24, 2.45) is 0 Å². The van der Waals surface area contributed by atoms with Crippen molar-refractivity contribution in [3.8, 4) is 11.5 Å². The van der Waals surface area contributed by atoms with E-state index in [1.54, 1.807) is 31.2 Å². The minimum atomic E-state index is -1.29. The third kappa shape index (κ3) is 7.37. The summed E-state index contributed by atoms with van der Waals surface area (Å²) in [5.41, 5.74) is -0.156. The Morgan fingerprint density at radius 3 is 2.40 bits per heavy atom. The number of aryl methyl sites for hydroxylation is 1. The predicted molar refractivity (Wildman–Crippen MR) is 148 cm³/mol. The van der Waals surface area contributed by atoms with E-state index < -0.39 is 35.1 Å². The largest absolute Gasteiger partial charge is 0.493 e. The molecule has 0 aliphatic heterocycles. The summed E-state index contributed by atoms with van der Waals surface area (Å²) in [6.07, 6.45) is 0.101. The first-order chi connectivity index (χ1) is 19.0. The number of amides is 3. The van der Waals surface area contributed by atoms with E-state index in [0.29, 0.717) is 23.5 Å². The highest BCUT2D eigenvalue weighted by Gasteiger charge is 2.37. The quantitative estimate of drug-likeness (QED) is 0.325. The van der Waals surface area contributed by atoms with Crippen LogP contribution < -0.4 is 25.0 Å². The Morgan fingerprint density at radius 2 is 1.80 bits per heavy atom. The Balaban J connectivity index is 2.07. The minimum Gasteiger partial charge on any atom is -0.493 e. The van der Waals surface area contributed by atoms with Crippen LogP contribution >= 0.6 is 0 Å². The second-order valence-electron chi connectivity index (χ2n) is 9.83. The molecule has 0 saturated carbocycles. The van der Waals surface area contributed by atoms with E-state index in [9.17, 15) is 18.8 Å². The van der Waals surface area contributed by atoms with E-state index >= 15 is 0 Å². The lowest BCUT2D eigenvalue weighted by molar-refractivity contribution is -0.128. The number of hydrogen-bond donors (Lipinski definition) is 2. The molecule has 11 heteroatoms. The van der Waals surface area contributed by atoms with Crippen LogP contribution in [0.5, 0.6) is 11.5 Å². The first-order valence-electron chi connectivity index (χ1n) is 12.8. The lowest BCUT2D eigenvalue weighted by atomic mass is 9.97. The molecule has 0 radical (unpaired) electrons. The van der Waals surface area contributed by atoms with Crippen LogP contribution in [0.25, 0.3) is 0 Å². The first-order valence-corrected chi connectivity index (χ1v) is 12.8. The summed E-state index contributed by atoms with van der Waals surface area (Å²) in [4.78, 5) is 41.6. The van der Waals surface area contributed by atoms with Crippen LogP contribution in [-0.2, 0) is 14.4 Å². The molecule has 1 atom stereocenters. The summed E-state index contributed by atoms with van der Waals surface area (Å²) in [7, 11) is 2.89. The molecular formula is C29H35FN4O6. The van der Waals surface area contributed by atoms with Gasteiger partial charge in [-0.3, -0.25) is 19.3 Å². The summed E-state index contributed by atoms with van der Waals surface area (Å²) in [5.74, 6) is -0.853. The van der Waals surface area contributed by atoms with Gasteiger partial charge in [-0.1, -0.05) is 30.3 Å². The van der Waals surface area contributed by atoms with Gasteiger partial charge in [0.05, 0.1) is 14.2 Å². The molecule has 0 saturated heterocycles. The van der Waals surface area contributed by atoms with Crippen molar-refractivity contribution >= 4 is 29.2 Å². The van der Waals surface area contributed by atoms with Crippen LogP contribution in [0, 0.1) is 12.7 Å². The van der Waals surface area contributed by atoms with Crippen molar-refractivity contribution in [2.45, 2.75) is 58.5 Å². The third-order valence-corrected chi connectivity index (χ3v) is 6.40. The highest BCUT2D eigenvalue weighted by atomic mass is 19.1. The molecule has 2 N–H and O–H groups in total. The Labute approximate surface area is 232 Å². The molecule has 0 aliphatic rings. The lowest BCUT2D eigenvalue weighted by Crippen LogP contribution is -2.50. The van der Waals surface area contributed by atoms with E-state index in [1.807, 2.05) is 20.8 Å². The van der Waals surface area contributed by atoms with Crippen molar-refractivity contribution in [3.05, 3.63) is 65.7 Å². The standard InChI is InChI=1S/C29H35FN4O6/c1-7-29(3,4)32-28(37)26(21-12-9-13-22(38-5)27(21)39-6)34(20-11-8-10-19(30)17-20)25(36)15-14-24(35)31-23-16-18(2)40-33-23/h8-13,16-17,26H,7,14-15H2,1-6H3,(H,32,37)(H,31,33,35). The number of nitrogens with zero attached hydrogens (tertiary/aromatic N) is 2. The summed E-state index contributed by atoms with van der Waals surface area (Å²) < 4.78 is 30.5. The van der Waals surface area contributed by atoms with E-state index in [1.165, 1.54) is 37.3 Å². The zero-order chi connectivity index (χ0) is 29.4. The number of methoxy groups -OCH3 is 2. The van der Waals surface area contributed by atoms with Gasteiger partial charge in [0.2, 0.25) is 17.7 Å². The van der Waals surface area contributed by atoms with Crippen molar-refractivity contribution in [1.29, 1.82) is 0 Å². The zero-order valence-corrected chi connectivity index (χ0v) is 23.5. The highest BCUT2D eigenvalue weighted by Crippen LogP contribution is 2.39. The van der Waals surface area contributed by atoms with Crippen molar-refractivity contribution in [3.63, 3.8) is 0 Å². The Morgan fingerprint density at radius 1 is 1.07 bits per heavy atom. The van der Waals surface area contributed by atoms with Gasteiger partial charge < -0.3 is 24.6 Å². The first kappa shape index (κ1) is 30.1. The normalized spacial score (nSPS) is 11.9. The third-order valence-electron chi connectivity index (χ3n) is 6.40. The van der Waals surface area contributed by atoms with Crippen molar-refractivity contribution in [2.75, 3.05) is 24.4 Å². The Kier molecular flexibility index (Phi) is 9.87. The molecule has 0 aliphatic carbocycles. The number of carbonyl (C=O) groups is 3. The maximum Gasteiger partial charge on any atom is 0.248 e. The van der Waals surface area contributed by atoms with E-state index in [2.05, 4.69) is 15.8 Å². The molecule has 214 valence electrons. The van der Waals surface area contributed by atoms with Gasteiger partial charge >= 0.3 is 0 Å². The van der Waals surface area contributed by atoms with Gasteiger partial charge in [-0.15, -0.1) is 0 Å². The number of benzene rings is 2. The Bertz CT molecular complexity index is 1360. The smallest absolute Gasteiger partial charge is 0.248 e. The number of aromatic nitrogens is 1. The number of rotatable bonds is 12. The van der Waals surface area contributed by atoms with Crippen molar-refractivity contribution in [1.82, 2.24) is 10.5 Å². The summed E-state index contributed by atoms with van der Waals surface area (Å²) in [6.45, 7) is 7.32. The van der Waals surface area contributed by atoms with Gasteiger partial charge in [0.25, 0.3) is 0 Å². The fourth-order valence-electron chi connectivity index (χ4n) is 4.05. The van der Waals surface area contributed by atoms with Crippen LogP contribution in [0.15, 0.2) is 53.1 Å². The number of carbonyl (C=O) groups excluding carboxylic acids is 3. The maximum atomic E-state index is 14.4. The van der Waals surface area contributed by atoms with E-state index in [0.717, 1.165) is 6.07 Å². The summed E-state index contributed by atoms with van der Waals surface area (Å²) in [5, 5.41) is 9.28. The molecule has 0 bridgehead atoms. The van der Waals surface area contributed by atoms with Gasteiger partial charge in [0.15, 0.2) is 17.3 Å². The maximum absolute atomic E-state index is 14.4. The van der Waals surface area contributed by atoms with Crippen LogP contribution in [0.3, 0.4) is 0 Å². The molecule has 1 aromatic heterocycles. The molecule has 1 unspecified atom stereocenters. The number of para-hydroxylation sites is 1. The molecule has 1 heterocycles. The van der Waals surface area contributed by atoms with Crippen LogP contribution in [0.1, 0.15) is 57.4 Å². The second-order valence-corrected chi connectivity index (χ2v) is 9.83. The van der Waals surface area contributed by atoms with Gasteiger partial charge in [-0.25, -0.2) is 4.39 Å². The van der Waals surface area contributed by atoms with Crippen LogP contribution in [0.4, 0.5) is 15.9 Å². The van der Waals surface area contributed by atoms with Crippen LogP contribution in [-0.4, -0.2) is 42.6 Å². The minimum absolute atomic E-state index is 0.136. The molecular weight excluding hydrogens is 519 g/mol. The SMILES string of the molecule is CCC(C)(C)NC(=O)C(c1cccc(OC)c1OC)N(C(=O)CCC(=O)Nc1cc(C)on1)c1cccc(F)c1. The topological polar surface area (TPSA) is 123 Å². The highest BCUT2D eigenvalue weighted by molar-refractivity contribution is 6.03. The fourth-order valence-corrected chi connectivity index (χ4v) is 4.05. The van der Waals surface area contributed by atoms with E-state index in [4.69, 9.17) is 14.0 Å². The molecule has 40 heavy (non-hydrogen) atoms. The summed E-state index contributed by atoms with van der Waals surface area (Å²) in [6, 6.07) is 10.6. The summed E-state index contributed by atoms with van der Waals surface area (Å²) >= 11 is 0.